The average Bonchev–Trinajstić information content (AvgIpc) is 2.40. The van der Waals surface area contributed by atoms with Crippen molar-refractivity contribution in [2.75, 3.05) is 7.05 Å². The van der Waals surface area contributed by atoms with Crippen molar-refractivity contribution >= 4 is 27.5 Å². The lowest BCUT2D eigenvalue weighted by Gasteiger charge is -2.12. The number of halogens is 2. The second-order valence-corrected chi connectivity index (χ2v) is 5.37. The Labute approximate surface area is 126 Å². The van der Waals surface area contributed by atoms with E-state index in [2.05, 4.69) is 26.2 Å². The van der Waals surface area contributed by atoms with Gasteiger partial charge in [0.05, 0.1) is 0 Å². The highest BCUT2D eigenvalue weighted by Gasteiger charge is 2.07. The molecule has 2 aromatic rings. The van der Waals surface area contributed by atoms with Crippen LogP contribution in [0.15, 0.2) is 41.1 Å². The van der Waals surface area contributed by atoms with Crippen molar-refractivity contribution in [1.82, 2.24) is 10.3 Å². The molecule has 0 amide bonds. The Morgan fingerprint density at radius 2 is 2.21 bits per heavy atom. The van der Waals surface area contributed by atoms with Gasteiger partial charge in [-0.25, -0.2) is 0 Å². The summed E-state index contributed by atoms with van der Waals surface area (Å²) in [6.07, 6.45) is 3.53. The molecule has 0 unspecified atom stereocenters. The zero-order chi connectivity index (χ0) is 13.7. The van der Waals surface area contributed by atoms with Crippen molar-refractivity contribution in [3.63, 3.8) is 0 Å². The molecule has 0 aliphatic carbocycles. The van der Waals surface area contributed by atoms with Gasteiger partial charge in [-0.05, 0) is 41.2 Å². The molecule has 0 aliphatic heterocycles. The molecule has 0 fully saturated rings. The van der Waals surface area contributed by atoms with Crippen LogP contribution in [0.1, 0.15) is 11.1 Å². The number of nitrogens with one attached hydrogen (secondary N) is 1. The standard InChI is InChI=1S/C14H14BrClN2O/c1-17-8-12-13(16)3-2-4-14(12)19-9-10-5-11(15)7-18-6-10/h2-7,17H,8-9H2,1H3. The van der Waals surface area contributed by atoms with Gasteiger partial charge in [0.2, 0.25) is 0 Å². The fraction of sp³-hybridized carbons (Fsp3) is 0.214. The molecule has 0 bridgehead atoms. The van der Waals surface area contributed by atoms with Gasteiger partial charge in [-0.1, -0.05) is 17.7 Å². The Morgan fingerprint density at radius 1 is 1.37 bits per heavy atom. The van der Waals surface area contributed by atoms with E-state index in [0.717, 1.165) is 21.3 Å². The third-order valence-corrected chi connectivity index (χ3v) is 3.37. The van der Waals surface area contributed by atoms with E-state index in [-0.39, 0.29) is 0 Å². The van der Waals surface area contributed by atoms with Crippen LogP contribution in [0.4, 0.5) is 0 Å². The first-order valence-corrected chi connectivity index (χ1v) is 7.02. The molecule has 2 rings (SSSR count). The summed E-state index contributed by atoms with van der Waals surface area (Å²) in [7, 11) is 1.88. The van der Waals surface area contributed by atoms with Gasteiger partial charge in [0, 0.05) is 39.6 Å². The van der Waals surface area contributed by atoms with Crippen LogP contribution in [0.5, 0.6) is 5.75 Å². The smallest absolute Gasteiger partial charge is 0.125 e. The zero-order valence-electron chi connectivity index (χ0n) is 10.5. The lowest BCUT2D eigenvalue weighted by molar-refractivity contribution is 0.302. The molecule has 100 valence electrons. The van der Waals surface area contributed by atoms with Gasteiger partial charge >= 0.3 is 0 Å². The third kappa shape index (κ3) is 3.93. The van der Waals surface area contributed by atoms with Gasteiger partial charge in [-0.15, -0.1) is 0 Å². The van der Waals surface area contributed by atoms with Gasteiger partial charge in [-0.2, -0.15) is 0 Å². The number of ether oxygens (including phenoxy) is 1. The number of hydrogen-bond acceptors (Lipinski definition) is 3. The van der Waals surface area contributed by atoms with E-state index in [4.69, 9.17) is 16.3 Å². The van der Waals surface area contributed by atoms with E-state index < -0.39 is 0 Å². The van der Waals surface area contributed by atoms with Gasteiger partial charge < -0.3 is 10.1 Å². The van der Waals surface area contributed by atoms with E-state index in [1.807, 2.05) is 31.3 Å². The van der Waals surface area contributed by atoms with Crippen LogP contribution in [0.3, 0.4) is 0 Å². The van der Waals surface area contributed by atoms with E-state index in [0.29, 0.717) is 18.2 Å². The number of pyridine rings is 1. The Bertz CT molecular complexity index is 563. The second kappa shape index (κ2) is 6.89. The first-order chi connectivity index (χ1) is 9.20. The first kappa shape index (κ1) is 14.3. The largest absolute Gasteiger partial charge is 0.488 e. The van der Waals surface area contributed by atoms with Crippen LogP contribution >= 0.6 is 27.5 Å². The van der Waals surface area contributed by atoms with Crippen LogP contribution < -0.4 is 10.1 Å². The van der Waals surface area contributed by atoms with Gasteiger partial charge in [-0.3, -0.25) is 4.98 Å². The van der Waals surface area contributed by atoms with Crippen LogP contribution in [-0.2, 0) is 13.2 Å². The van der Waals surface area contributed by atoms with Crippen LogP contribution in [-0.4, -0.2) is 12.0 Å². The van der Waals surface area contributed by atoms with Crippen molar-refractivity contribution < 1.29 is 4.74 Å². The summed E-state index contributed by atoms with van der Waals surface area (Å²) in [5.74, 6) is 0.793. The van der Waals surface area contributed by atoms with Gasteiger partial charge in [0.1, 0.15) is 12.4 Å². The quantitative estimate of drug-likeness (QED) is 0.898. The van der Waals surface area contributed by atoms with Crippen molar-refractivity contribution in [1.29, 1.82) is 0 Å². The lowest BCUT2D eigenvalue weighted by atomic mass is 10.2. The Balaban J connectivity index is 2.13. The fourth-order valence-corrected chi connectivity index (χ4v) is 2.36. The summed E-state index contributed by atoms with van der Waals surface area (Å²) in [5.41, 5.74) is 1.97. The molecule has 3 nitrogen and oxygen atoms in total. The van der Waals surface area contributed by atoms with E-state index >= 15 is 0 Å². The van der Waals surface area contributed by atoms with Crippen molar-refractivity contribution in [3.05, 3.63) is 57.3 Å². The number of aromatic nitrogens is 1. The summed E-state index contributed by atoms with van der Waals surface area (Å²) in [6.45, 7) is 1.13. The zero-order valence-corrected chi connectivity index (χ0v) is 12.8. The molecule has 0 saturated heterocycles. The molecular formula is C14H14BrClN2O. The number of benzene rings is 1. The molecule has 0 spiro atoms. The number of hydrogen-bond donors (Lipinski definition) is 1. The SMILES string of the molecule is CNCc1c(Cl)cccc1OCc1cncc(Br)c1. The van der Waals surface area contributed by atoms with Gasteiger partial charge in [0.15, 0.2) is 0 Å². The van der Waals surface area contributed by atoms with E-state index in [9.17, 15) is 0 Å². The molecule has 1 aromatic carbocycles. The summed E-state index contributed by atoms with van der Waals surface area (Å²) < 4.78 is 6.77. The number of nitrogens with zero attached hydrogens (tertiary/aromatic N) is 1. The molecule has 0 aliphatic rings. The Morgan fingerprint density at radius 3 is 2.95 bits per heavy atom. The van der Waals surface area contributed by atoms with Crippen molar-refractivity contribution in [3.8, 4) is 5.75 Å². The van der Waals surface area contributed by atoms with Crippen LogP contribution in [0.25, 0.3) is 0 Å². The highest BCUT2D eigenvalue weighted by atomic mass is 79.9. The highest BCUT2D eigenvalue weighted by molar-refractivity contribution is 9.10. The Kier molecular flexibility index (Phi) is 5.19. The Hall–Kier alpha value is -1.10. The minimum absolute atomic E-state index is 0.462. The maximum absolute atomic E-state index is 6.18. The average molecular weight is 342 g/mol. The minimum atomic E-state index is 0.462. The lowest BCUT2D eigenvalue weighted by Crippen LogP contribution is -2.08. The number of rotatable bonds is 5. The van der Waals surface area contributed by atoms with Crippen molar-refractivity contribution in [2.45, 2.75) is 13.2 Å². The van der Waals surface area contributed by atoms with Crippen LogP contribution in [0.2, 0.25) is 5.02 Å². The summed E-state index contributed by atoms with van der Waals surface area (Å²) >= 11 is 9.57. The molecule has 0 atom stereocenters. The molecule has 0 saturated carbocycles. The van der Waals surface area contributed by atoms with Crippen LogP contribution in [0, 0.1) is 0 Å². The van der Waals surface area contributed by atoms with Crippen molar-refractivity contribution in [2.24, 2.45) is 0 Å². The molecule has 1 heterocycles. The fourth-order valence-electron chi connectivity index (χ4n) is 1.72. The molecule has 0 radical (unpaired) electrons. The van der Waals surface area contributed by atoms with E-state index in [1.54, 1.807) is 12.4 Å². The highest BCUT2D eigenvalue weighted by Crippen LogP contribution is 2.27. The topological polar surface area (TPSA) is 34.1 Å². The predicted octanol–water partition coefficient (Wildman–Crippen LogP) is 3.80. The molecule has 5 heteroatoms. The monoisotopic (exact) mass is 340 g/mol. The third-order valence-electron chi connectivity index (χ3n) is 2.59. The molecular weight excluding hydrogens is 328 g/mol. The first-order valence-electron chi connectivity index (χ1n) is 5.85. The maximum Gasteiger partial charge on any atom is 0.125 e. The summed E-state index contributed by atoms with van der Waals surface area (Å²) in [5, 5.41) is 3.80. The normalized spacial score (nSPS) is 10.5. The maximum atomic E-state index is 6.18. The molecule has 1 N–H and O–H groups in total. The second-order valence-electron chi connectivity index (χ2n) is 4.05. The summed E-state index contributed by atoms with van der Waals surface area (Å²) in [6, 6.07) is 7.65. The molecule has 19 heavy (non-hydrogen) atoms. The van der Waals surface area contributed by atoms with E-state index in [1.165, 1.54) is 0 Å². The summed E-state index contributed by atoms with van der Waals surface area (Å²) in [4.78, 5) is 4.11. The predicted molar refractivity (Wildman–Crippen MR) is 80.5 cm³/mol. The molecule has 1 aromatic heterocycles. The van der Waals surface area contributed by atoms with Gasteiger partial charge in [0.25, 0.3) is 0 Å². The minimum Gasteiger partial charge on any atom is -0.488 e.